The zero-order chi connectivity index (χ0) is 14.7. The van der Waals surface area contributed by atoms with Crippen molar-refractivity contribution in [1.82, 2.24) is 9.97 Å². The van der Waals surface area contributed by atoms with Crippen LogP contribution in [-0.4, -0.2) is 16.0 Å². The van der Waals surface area contributed by atoms with Gasteiger partial charge in [-0.2, -0.15) is 4.98 Å². The fourth-order valence-electron chi connectivity index (χ4n) is 3.13. The number of hydrogen-bond donors (Lipinski definition) is 3. The fourth-order valence-corrected chi connectivity index (χ4v) is 3.13. The molecule has 0 amide bonds. The maximum Gasteiger partial charge on any atom is 0.239 e. The van der Waals surface area contributed by atoms with Crippen molar-refractivity contribution in [2.75, 3.05) is 10.7 Å². The number of nitrogens with two attached hydrogens (primary N) is 1. The summed E-state index contributed by atoms with van der Waals surface area (Å²) in [6.45, 7) is 2.33. The van der Waals surface area contributed by atoms with Gasteiger partial charge in [-0.25, -0.2) is 10.8 Å². The van der Waals surface area contributed by atoms with Crippen molar-refractivity contribution in [1.29, 1.82) is 0 Å². The number of anilines is 2. The van der Waals surface area contributed by atoms with Crippen LogP contribution < -0.4 is 16.6 Å². The molecule has 5 heteroatoms. The summed E-state index contributed by atoms with van der Waals surface area (Å²) in [4.78, 5) is 8.92. The van der Waals surface area contributed by atoms with E-state index in [1.54, 1.807) is 0 Å². The molecule has 0 bridgehead atoms. The molecule has 0 spiro atoms. The van der Waals surface area contributed by atoms with Crippen LogP contribution in [0.1, 0.15) is 39.0 Å². The highest BCUT2D eigenvalue weighted by molar-refractivity contribution is 5.90. The predicted molar refractivity (Wildman–Crippen MR) is 87.0 cm³/mol. The van der Waals surface area contributed by atoms with E-state index in [0.717, 1.165) is 16.7 Å². The van der Waals surface area contributed by atoms with Gasteiger partial charge in [-0.15, -0.1) is 0 Å². The monoisotopic (exact) mass is 285 g/mol. The summed E-state index contributed by atoms with van der Waals surface area (Å²) in [5.74, 6) is 7.49. The van der Waals surface area contributed by atoms with Crippen LogP contribution in [-0.2, 0) is 0 Å². The van der Waals surface area contributed by atoms with Gasteiger partial charge in [0.1, 0.15) is 5.82 Å². The Bertz CT molecular complexity index is 613. The molecular formula is C16H23N5. The SMILES string of the molecule is CC1CCCCCC1Nc1nc(NN)nc2ccccc12. The van der Waals surface area contributed by atoms with E-state index in [1.807, 2.05) is 18.2 Å². The van der Waals surface area contributed by atoms with Crippen LogP contribution in [0, 0.1) is 5.92 Å². The summed E-state index contributed by atoms with van der Waals surface area (Å²) < 4.78 is 0. The molecule has 1 aromatic heterocycles. The minimum Gasteiger partial charge on any atom is -0.366 e. The van der Waals surface area contributed by atoms with Gasteiger partial charge >= 0.3 is 0 Å². The smallest absolute Gasteiger partial charge is 0.239 e. The van der Waals surface area contributed by atoms with Crippen molar-refractivity contribution < 1.29 is 0 Å². The molecule has 1 fully saturated rings. The van der Waals surface area contributed by atoms with Gasteiger partial charge in [-0.1, -0.05) is 38.3 Å². The quantitative estimate of drug-likeness (QED) is 0.458. The Hall–Kier alpha value is -1.88. The van der Waals surface area contributed by atoms with E-state index in [-0.39, 0.29) is 0 Å². The molecule has 3 rings (SSSR count). The van der Waals surface area contributed by atoms with Gasteiger partial charge in [0, 0.05) is 11.4 Å². The van der Waals surface area contributed by atoms with Gasteiger partial charge in [0.2, 0.25) is 5.95 Å². The molecule has 2 aromatic rings. The van der Waals surface area contributed by atoms with Gasteiger partial charge in [-0.3, -0.25) is 5.43 Å². The molecule has 1 heterocycles. The number of nitrogens with one attached hydrogen (secondary N) is 2. The Labute approximate surface area is 125 Å². The molecule has 21 heavy (non-hydrogen) atoms. The van der Waals surface area contributed by atoms with Crippen LogP contribution in [0.25, 0.3) is 10.9 Å². The van der Waals surface area contributed by atoms with E-state index in [9.17, 15) is 0 Å². The Balaban J connectivity index is 1.94. The van der Waals surface area contributed by atoms with E-state index in [4.69, 9.17) is 5.84 Å². The van der Waals surface area contributed by atoms with E-state index >= 15 is 0 Å². The molecule has 4 N–H and O–H groups in total. The second kappa shape index (κ2) is 6.26. The lowest BCUT2D eigenvalue weighted by Gasteiger charge is -2.24. The first kappa shape index (κ1) is 14.1. The van der Waals surface area contributed by atoms with Crippen molar-refractivity contribution >= 4 is 22.7 Å². The molecule has 5 nitrogen and oxygen atoms in total. The van der Waals surface area contributed by atoms with Crippen LogP contribution in [0.4, 0.5) is 11.8 Å². The highest BCUT2D eigenvalue weighted by atomic mass is 15.3. The molecule has 2 atom stereocenters. The van der Waals surface area contributed by atoms with E-state index in [2.05, 4.69) is 33.7 Å². The number of para-hydroxylation sites is 1. The number of hydrazine groups is 1. The minimum absolute atomic E-state index is 0.456. The van der Waals surface area contributed by atoms with Crippen LogP contribution >= 0.6 is 0 Å². The molecular weight excluding hydrogens is 262 g/mol. The summed E-state index contributed by atoms with van der Waals surface area (Å²) in [6.07, 6.45) is 6.43. The van der Waals surface area contributed by atoms with Crippen molar-refractivity contribution in [2.24, 2.45) is 11.8 Å². The number of nitrogen functional groups attached to an aromatic ring is 1. The van der Waals surface area contributed by atoms with Gasteiger partial charge in [-0.05, 0) is 30.9 Å². The number of nitrogens with zero attached hydrogens (tertiary/aromatic N) is 2. The molecule has 0 radical (unpaired) electrons. The average molecular weight is 285 g/mol. The summed E-state index contributed by atoms with van der Waals surface area (Å²) in [7, 11) is 0. The van der Waals surface area contributed by atoms with E-state index in [0.29, 0.717) is 17.9 Å². The van der Waals surface area contributed by atoms with Crippen LogP contribution in [0.3, 0.4) is 0 Å². The van der Waals surface area contributed by atoms with Crippen molar-refractivity contribution in [3.8, 4) is 0 Å². The lowest BCUT2D eigenvalue weighted by molar-refractivity contribution is 0.456. The second-order valence-corrected chi connectivity index (χ2v) is 5.92. The molecule has 0 saturated heterocycles. The number of rotatable bonds is 3. The highest BCUT2D eigenvalue weighted by Crippen LogP contribution is 2.28. The number of benzene rings is 1. The van der Waals surface area contributed by atoms with Crippen LogP contribution in [0.15, 0.2) is 24.3 Å². The zero-order valence-corrected chi connectivity index (χ0v) is 12.5. The Morgan fingerprint density at radius 2 is 1.90 bits per heavy atom. The summed E-state index contributed by atoms with van der Waals surface area (Å²) in [5, 5.41) is 4.69. The molecule has 0 aliphatic heterocycles. The minimum atomic E-state index is 0.456. The molecule has 1 aliphatic rings. The van der Waals surface area contributed by atoms with Crippen molar-refractivity contribution in [3.63, 3.8) is 0 Å². The maximum absolute atomic E-state index is 5.49. The number of aromatic nitrogens is 2. The Morgan fingerprint density at radius 1 is 1.10 bits per heavy atom. The average Bonchev–Trinajstić information content (AvgIpc) is 2.72. The fraction of sp³-hybridized carbons (Fsp3) is 0.500. The molecule has 112 valence electrons. The molecule has 1 saturated carbocycles. The van der Waals surface area contributed by atoms with Gasteiger partial charge in [0.05, 0.1) is 5.52 Å². The first-order chi connectivity index (χ1) is 10.3. The third-order valence-corrected chi connectivity index (χ3v) is 4.42. The normalized spacial score (nSPS) is 22.8. The first-order valence-electron chi connectivity index (χ1n) is 7.78. The molecule has 1 aliphatic carbocycles. The lowest BCUT2D eigenvalue weighted by Crippen LogP contribution is -2.27. The summed E-state index contributed by atoms with van der Waals surface area (Å²) in [6, 6.07) is 8.51. The third-order valence-electron chi connectivity index (χ3n) is 4.42. The zero-order valence-electron chi connectivity index (χ0n) is 12.5. The van der Waals surface area contributed by atoms with Gasteiger partial charge < -0.3 is 5.32 Å². The van der Waals surface area contributed by atoms with Gasteiger partial charge in [0.15, 0.2) is 0 Å². The van der Waals surface area contributed by atoms with Crippen molar-refractivity contribution in [3.05, 3.63) is 24.3 Å². The van der Waals surface area contributed by atoms with Crippen LogP contribution in [0.2, 0.25) is 0 Å². The first-order valence-corrected chi connectivity index (χ1v) is 7.78. The molecule has 1 aromatic carbocycles. The Kier molecular flexibility index (Phi) is 4.20. The predicted octanol–water partition coefficient (Wildman–Crippen LogP) is 3.30. The van der Waals surface area contributed by atoms with Crippen molar-refractivity contribution in [2.45, 2.75) is 45.1 Å². The van der Waals surface area contributed by atoms with E-state index in [1.165, 1.54) is 32.1 Å². The maximum atomic E-state index is 5.49. The standard InChI is InChI=1S/C16H23N5/c1-11-7-3-2-4-9-13(11)18-15-12-8-5-6-10-14(12)19-16(20-15)21-17/h5-6,8,10-11,13H,2-4,7,9,17H2,1H3,(H2,18,19,20,21). The van der Waals surface area contributed by atoms with Gasteiger partial charge in [0.25, 0.3) is 0 Å². The summed E-state index contributed by atoms with van der Waals surface area (Å²) in [5.41, 5.74) is 3.46. The topological polar surface area (TPSA) is 75.9 Å². The van der Waals surface area contributed by atoms with E-state index < -0.39 is 0 Å². The highest BCUT2D eigenvalue weighted by Gasteiger charge is 2.21. The number of hydrogen-bond acceptors (Lipinski definition) is 5. The van der Waals surface area contributed by atoms with Crippen LogP contribution in [0.5, 0.6) is 0 Å². The second-order valence-electron chi connectivity index (χ2n) is 5.92. The number of fused-ring (bicyclic) bond motifs is 1. The summed E-state index contributed by atoms with van der Waals surface area (Å²) >= 11 is 0. The largest absolute Gasteiger partial charge is 0.366 e. The Morgan fingerprint density at radius 3 is 2.76 bits per heavy atom. The molecule has 2 unspecified atom stereocenters. The third kappa shape index (κ3) is 3.08. The lowest BCUT2D eigenvalue weighted by atomic mass is 9.97.